The van der Waals surface area contributed by atoms with Gasteiger partial charge in [-0.2, -0.15) is 0 Å². The molecule has 0 bridgehead atoms. The van der Waals surface area contributed by atoms with E-state index in [0.29, 0.717) is 23.3 Å². The van der Waals surface area contributed by atoms with Gasteiger partial charge in [0.1, 0.15) is 5.75 Å². The average Bonchev–Trinajstić information content (AvgIpc) is 2.57. The van der Waals surface area contributed by atoms with Crippen molar-refractivity contribution >= 4 is 12.1 Å². The summed E-state index contributed by atoms with van der Waals surface area (Å²) in [4.78, 5) is 10.7. The number of ether oxygens (including phenoxy) is 1. The molecule has 0 spiro atoms. The Bertz CT molecular complexity index is 716. The number of phenolic OH excluding ortho intramolecular Hbond substituents is 1. The van der Waals surface area contributed by atoms with Gasteiger partial charge >= 0.3 is 0 Å². The van der Waals surface area contributed by atoms with Crippen LogP contribution >= 0.6 is 0 Å². The first kappa shape index (κ1) is 18.0. The molecule has 4 N–H and O–H groups in total. The molecule has 0 fully saturated rings. The van der Waals surface area contributed by atoms with E-state index in [0.717, 1.165) is 11.8 Å². The van der Waals surface area contributed by atoms with E-state index in [4.69, 9.17) is 27.4 Å². The predicted molar refractivity (Wildman–Crippen MR) is 89.6 cm³/mol. The highest BCUT2D eigenvalue weighted by atomic mass is 16.5. The van der Waals surface area contributed by atoms with E-state index in [-0.39, 0.29) is 5.75 Å². The van der Waals surface area contributed by atoms with E-state index in [9.17, 15) is 4.79 Å². The molecule has 0 saturated heterocycles. The number of terminal acetylenes is 1. The minimum Gasteiger partial charge on any atom is -0.507 e. The van der Waals surface area contributed by atoms with Crippen LogP contribution in [0.2, 0.25) is 0 Å². The first-order valence-electron chi connectivity index (χ1n) is 6.69. The molecule has 0 aliphatic rings. The van der Waals surface area contributed by atoms with Crippen molar-refractivity contribution in [2.75, 3.05) is 7.11 Å². The van der Waals surface area contributed by atoms with Gasteiger partial charge in [-0.3, -0.25) is 4.79 Å². The highest BCUT2D eigenvalue weighted by Gasteiger charge is 1.98. The summed E-state index contributed by atoms with van der Waals surface area (Å²) in [5, 5.41) is 16.0. The van der Waals surface area contributed by atoms with Gasteiger partial charge in [0.25, 0.3) is 0 Å². The normalized spacial score (nSPS) is 9.22. The Hall–Kier alpha value is -3.10. The van der Waals surface area contributed by atoms with Crippen LogP contribution in [0.5, 0.6) is 5.75 Å². The van der Waals surface area contributed by atoms with Crippen LogP contribution in [0.4, 0.5) is 0 Å². The number of aromatic hydroxyl groups is 1. The molecular weight excluding hydrogens is 292 g/mol. The number of benzene rings is 2. The summed E-state index contributed by atoms with van der Waals surface area (Å²) >= 11 is 0. The third-order valence-corrected chi connectivity index (χ3v) is 2.90. The molecule has 2 aromatic carbocycles. The summed E-state index contributed by atoms with van der Waals surface area (Å²) in [7, 11) is 1.63. The molecule has 0 saturated carbocycles. The van der Waals surface area contributed by atoms with Crippen LogP contribution in [0.3, 0.4) is 0 Å². The number of hydrogen-bond donors (Lipinski definition) is 3. The minimum atomic E-state index is -0.404. The molecule has 5 heteroatoms. The lowest BCUT2D eigenvalue weighted by molar-refractivity contribution is 0.1000. The van der Waals surface area contributed by atoms with Gasteiger partial charge in [0.05, 0.1) is 6.61 Å². The Morgan fingerprint density at radius 1 is 1.35 bits per heavy atom. The highest BCUT2D eigenvalue weighted by Crippen LogP contribution is 2.15. The van der Waals surface area contributed by atoms with Gasteiger partial charge in [-0.15, -0.1) is 6.42 Å². The van der Waals surface area contributed by atoms with Crippen molar-refractivity contribution in [3.63, 3.8) is 0 Å². The van der Waals surface area contributed by atoms with E-state index in [1.807, 2.05) is 12.1 Å². The third kappa shape index (κ3) is 5.65. The van der Waals surface area contributed by atoms with Crippen molar-refractivity contribution in [1.29, 1.82) is 5.41 Å². The second-order valence-electron chi connectivity index (χ2n) is 4.56. The molecule has 23 heavy (non-hydrogen) atoms. The van der Waals surface area contributed by atoms with Gasteiger partial charge < -0.3 is 21.0 Å². The lowest BCUT2D eigenvalue weighted by Gasteiger charge is -1.99. The summed E-state index contributed by atoms with van der Waals surface area (Å²) in [5.74, 6) is 2.09. The number of rotatable bonds is 4. The SMILES string of the molecule is C#Cc1ccc(O)c(C=N)c1.COCc1ccc(C(N)=O)cc1. The van der Waals surface area contributed by atoms with Crippen molar-refractivity contribution in [3.05, 3.63) is 64.7 Å². The maximum Gasteiger partial charge on any atom is 0.248 e. The van der Waals surface area contributed by atoms with E-state index in [1.165, 1.54) is 6.07 Å². The van der Waals surface area contributed by atoms with Crippen molar-refractivity contribution in [2.24, 2.45) is 5.73 Å². The lowest BCUT2D eigenvalue weighted by atomic mass is 10.1. The number of carbonyl (C=O) groups excluding carboxylic acids is 1. The predicted octanol–water partition coefficient (Wildman–Crippen LogP) is 2.30. The van der Waals surface area contributed by atoms with Crippen LogP contribution in [0.1, 0.15) is 27.0 Å². The standard InChI is InChI=1S/C9H11NO2.C9H7NO/c1-12-6-7-2-4-8(5-3-7)9(10)11;1-2-7-3-4-9(11)8(5-7)6-10/h2-5H,6H2,1H3,(H2,10,11);1,3-6,10-11H. The lowest BCUT2D eigenvalue weighted by Crippen LogP contribution is -2.10. The topological polar surface area (TPSA) is 96.4 Å². The molecule has 0 radical (unpaired) electrons. The Morgan fingerprint density at radius 3 is 2.48 bits per heavy atom. The Morgan fingerprint density at radius 2 is 2.00 bits per heavy atom. The molecule has 0 atom stereocenters. The number of amides is 1. The summed E-state index contributed by atoms with van der Waals surface area (Å²) < 4.78 is 4.91. The average molecular weight is 310 g/mol. The maximum atomic E-state index is 10.7. The van der Waals surface area contributed by atoms with Crippen LogP contribution < -0.4 is 5.73 Å². The van der Waals surface area contributed by atoms with Gasteiger partial charge in [0.15, 0.2) is 0 Å². The van der Waals surface area contributed by atoms with E-state index < -0.39 is 5.91 Å². The van der Waals surface area contributed by atoms with Crippen molar-refractivity contribution in [1.82, 2.24) is 0 Å². The fourth-order valence-electron chi connectivity index (χ4n) is 1.69. The number of methoxy groups -OCH3 is 1. The molecule has 1 amide bonds. The van der Waals surface area contributed by atoms with Crippen LogP contribution in [-0.4, -0.2) is 24.3 Å². The third-order valence-electron chi connectivity index (χ3n) is 2.90. The Balaban J connectivity index is 0.000000231. The Kier molecular flexibility index (Phi) is 7.05. The number of nitrogens with one attached hydrogen (secondary N) is 1. The van der Waals surface area contributed by atoms with Crippen LogP contribution in [0.25, 0.3) is 0 Å². The molecular formula is C18H18N2O3. The minimum absolute atomic E-state index is 0.0824. The van der Waals surface area contributed by atoms with Crippen molar-refractivity contribution in [3.8, 4) is 18.1 Å². The van der Waals surface area contributed by atoms with Crippen LogP contribution in [0, 0.1) is 17.8 Å². The van der Waals surface area contributed by atoms with Gasteiger partial charge in [0.2, 0.25) is 5.91 Å². The second-order valence-corrected chi connectivity index (χ2v) is 4.56. The molecule has 0 unspecified atom stereocenters. The van der Waals surface area contributed by atoms with Crippen molar-refractivity contribution in [2.45, 2.75) is 6.61 Å². The fraction of sp³-hybridized carbons (Fsp3) is 0.111. The molecule has 0 aliphatic heterocycles. The molecule has 0 aromatic heterocycles. The summed E-state index contributed by atoms with van der Waals surface area (Å²) in [6.07, 6.45) is 6.18. The van der Waals surface area contributed by atoms with Gasteiger partial charge in [-0.25, -0.2) is 0 Å². The fourth-order valence-corrected chi connectivity index (χ4v) is 1.69. The number of phenols is 1. The smallest absolute Gasteiger partial charge is 0.248 e. The van der Waals surface area contributed by atoms with Crippen LogP contribution in [-0.2, 0) is 11.3 Å². The monoisotopic (exact) mass is 310 g/mol. The molecule has 5 nitrogen and oxygen atoms in total. The maximum absolute atomic E-state index is 10.7. The molecule has 118 valence electrons. The zero-order valence-corrected chi connectivity index (χ0v) is 12.7. The largest absolute Gasteiger partial charge is 0.507 e. The molecule has 0 heterocycles. The number of nitrogens with two attached hydrogens (primary N) is 1. The first-order valence-corrected chi connectivity index (χ1v) is 6.69. The van der Waals surface area contributed by atoms with Crippen LogP contribution in [0.15, 0.2) is 42.5 Å². The molecule has 2 rings (SSSR count). The summed E-state index contributed by atoms with van der Waals surface area (Å²) in [6.45, 7) is 0.555. The van der Waals surface area contributed by atoms with E-state index >= 15 is 0 Å². The second kappa shape index (κ2) is 9.03. The van der Waals surface area contributed by atoms with E-state index in [2.05, 4.69) is 5.92 Å². The summed E-state index contributed by atoms with van der Waals surface area (Å²) in [6, 6.07) is 11.7. The first-order chi connectivity index (χ1) is 11.0. The van der Waals surface area contributed by atoms with Crippen molar-refractivity contribution < 1.29 is 14.6 Å². The summed E-state index contributed by atoms with van der Waals surface area (Å²) in [5.41, 5.74) is 7.73. The zero-order chi connectivity index (χ0) is 17.2. The molecule has 0 aliphatic carbocycles. The molecule has 2 aromatic rings. The van der Waals surface area contributed by atoms with Gasteiger partial charge in [0, 0.05) is 30.0 Å². The highest BCUT2D eigenvalue weighted by molar-refractivity contribution is 5.92. The van der Waals surface area contributed by atoms with E-state index in [1.54, 1.807) is 31.4 Å². The number of carbonyl (C=O) groups is 1. The number of hydrogen-bond acceptors (Lipinski definition) is 4. The zero-order valence-electron chi connectivity index (χ0n) is 12.7. The van der Waals surface area contributed by atoms with Gasteiger partial charge in [-0.05, 0) is 35.9 Å². The Labute approximate surface area is 135 Å². The quantitative estimate of drug-likeness (QED) is 0.597. The van der Waals surface area contributed by atoms with Gasteiger partial charge in [-0.1, -0.05) is 18.1 Å². The number of primary amides is 1.